The van der Waals surface area contributed by atoms with Gasteiger partial charge < -0.3 is 35.2 Å². The number of aliphatic hydroxyl groups is 2. The summed E-state index contributed by atoms with van der Waals surface area (Å²) < 4.78 is 12.0. The van der Waals surface area contributed by atoms with E-state index in [1.165, 1.54) is 11.8 Å². The minimum atomic E-state index is -0.750. The van der Waals surface area contributed by atoms with Gasteiger partial charge in [0.25, 0.3) is 0 Å². The van der Waals surface area contributed by atoms with Gasteiger partial charge in [-0.1, -0.05) is 11.8 Å². The molecule has 3 saturated heterocycles. The molecule has 1 unspecified atom stereocenters. The molecule has 194 valence electrons. The molecular formula is C25H34N6O4S. The fraction of sp³-hybridized carbons (Fsp3) is 0.640. The lowest BCUT2D eigenvalue weighted by atomic mass is 9.73. The van der Waals surface area contributed by atoms with E-state index in [0.717, 1.165) is 42.5 Å². The van der Waals surface area contributed by atoms with Gasteiger partial charge in [0.05, 0.1) is 42.1 Å². The van der Waals surface area contributed by atoms with Gasteiger partial charge >= 0.3 is 0 Å². The van der Waals surface area contributed by atoms with Gasteiger partial charge in [0.15, 0.2) is 17.4 Å². The molecule has 36 heavy (non-hydrogen) atoms. The molecule has 0 aliphatic carbocycles. The topological polar surface area (TPSA) is 130 Å². The van der Waals surface area contributed by atoms with Crippen molar-refractivity contribution in [3.63, 3.8) is 0 Å². The van der Waals surface area contributed by atoms with E-state index in [-0.39, 0.29) is 30.2 Å². The van der Waals surface area contributed by atoms with Crippen LogP contribution in [-0.2, 0) is 11.3 Å². The van der Waals surface area contributed by atoms with E-state index in [1.54, 1.807) is 12.4 Å². The van der Waals surface area contributed by atoms with Crippen LogP contribution in [0.5, 0.6) is 5.75 Å². The maximum Gasteiger partial charge on any atom is 0.175 e. The Kier molecular flexibility index (Phi) is 6.03. The number of hydrogen-bond acceptors (Lipinski definition) is 11. The Morgan fingerprint density at radius 3 is 2.78 bits per heavy atom. The number of nitrogens with two attached hydrogens (primary N) is 1. The van der Waals surface area contributed by atoms with Crippen LogP contribution >= 0.6 is 11.8 Å². The number of anilines is 2. The fourth-order valence-electron chi connectivity index (χ4n) is 6.17. The summed E-state index contributed by atoms with van der Waals surface area (Å²) in [6.45, 7) is 7.10. The Bertz CT molecular complexity index is 1140. The third kappa shape index (κ3) is 4.10. The summed E-state index contributed by atoms with van der Waals surface area (Å²) in [7, 11) is 0. The van der Waals surface area contributed by atoms with Crippen molar-refractivity contribution in [2.45, 2.75) is 73.4 Å². The first-order valence-electron chi connectivity index (χ1n) is 12.7. The molecular weight excluding hydrogens is 480 g/mol. The molecule has 2 aromatic heterocycles. The molecule has 2 aromatic rings. The molecule has 3 fully saturated rings. The number of hydrogen-bond donors (Lipinski definition) is 3. The molecule has 11 heteroatoms. The Hall–Kier alpha value is -2.18. The summed E-state index contributed by atoms with van der Waals surface area (Å²) in [4.78, 5) is 19.3. The highest BCUT2D eigenvalue weighted by Crippen LogP contribution is 2.46. The maximum atomic E-state index is 10.5. The summed E-state index contributed by atoms with van der Waals surface area (Å²) >= 11 is 1.45. The SMILES string of the molecule is C[C@@H]1OCC2(CCN(c3ncc(Sc4ccnc5c4OCC4C[C@@](C)(O)CN54)nc3CO)CC2)[C@@H]1N. The summed E-state index contributed by atoms with van der Waals surface area (Å²) in [6.07, 6.45) is 6.14. The quantitative estimate of drug-likeness (QED) is 0.550. The third-order valence-electron chi connectivity index (χ3n) is 8.24. The van der Waals surface area contributed by atoms with E-state index in [1.807, 2.05) is 13.0 Å². The highest BCUT2D eigenvalue weighted by Gasteiger charge is 2.48. The van der Waals surface area contributed by atoms with E-state index in [0.29, 0.717) is 42.6 Å². The molecule has 4 aliphatic rings. The molecule has 1 spiro atoms. The molecule has 0 bridgehead atoms. The normalized spacial score (nSPS) is 30.9. The van der Waals surface area contributed by atoms with Gasteiger partial charge in [0.2, 0.25) is 0 Å². The first kappa shape index (κ1) is 24.2. The van der Waals surface area contributed by atoms with Gasteiger partial charge in [0, 0.05) is 43.7 Å². The van der Waals surface area contributed by atoms with E-state index in [4.69, 9.17) is 25.2 Å². The maximum absolute atomic E-state index is 10.5. The van der Waals surface area contributed by atoms with Crippen molar-refractivity contribution in [2.24, 2.45) is 11.1 Å². The van der Waals surface area contributed by atoms with Crippen molar-refractivity contribution >= 4 is 23.4 Å². The van der Waals surface area contributed by atoms with Gasteiger partial charge in [-0.2, -0.15) is 0 Å². The second-order valence-electron chi connectivity index (χ2n) is 10.9. The standard InChI is InChI=1S/C25H34N6O4S/c1-15-21(26)25(14-35-15)4-7-30(8-5-25)22-17(11-32)29-19(10-28-22)36-18-3-6-27-23-20(18)34-12-16-9-24(2,33)13-31(16)23/h3,6,10,15-16,21,32-33H,4-5,7-9,11-14,26H2,1-2H3/t15-,16?,21+,24+/m0/s1. The van der Waals surface area contributed by atoms with E-state index in [9.17, 15) is 10.2 Å². The zero-order valence-electron chi connectivity index (χ0n) is 20.8. The lowest BCUT2D eigenvalue weighted by Crippen LogP contribution is -2.51. The molecule has 4 atom stereocenters. The second kappa shape index (κ2) is 8.98. The number of fused-ring (bicyclic) bond motifs is 3. The summed E-state index contributed by atoms with van der Waals surface area (Å²) in [6, 6.07) is 2.08. The zero-order chi connectivity index (χ0) is 25.1. The molecule has 0 amide bonds. The molecule has 4 N–H and O–H groups in total. The second-order valence-corrected chi connectivity index (χ2v) is 11.9. The van der Waals surface area contributed by atoms with Gasteiger partial charge in [-0.3, -0.25) is 0 Å². The van der Waals surface area contributed by atoms with Crippen LogP contribution in [0.2, 0.25) is 0 Å². The summed E-state index contributed by atoms with van der Waals surface area (Å²) in [5.41, 5.74) is 6.31. The predicted molar refractivity (Wildman–Crippen MR) is 135 cm³/mol. The number of pyridine rings is 1. The van der Waals surface area contributed by atoms with Crippen molar-refractivity contribution in [1.29, 1.82) is 0 Å². The summed E-state index contributed by atoms with van der Waals surface area (Å²) in [5.74, 6) is 2.19. The van der Waals surface area contributed by atoms with Gasteiger partial charge in [-0.05, 0) is 32.8 Å². The van der Waals surface area contributed by atoms with Crippen molar-refractivity contribution in [3.05, 3.63) is 24.2 Å². The molecule has 6 rings (SSSR count). The number of rotatable bonds is 4. The van der Waals surface area contributed by atoms with Crippen LogP contribution in [0.3, 0.4) is 0 Å². The lowest BCUT2D eigenvalue weighted by Gasteiger charge is -2.41. The van der Waals surface area contributed by atoms with E-state index >= 15 is 0 Å². The van der Waals surface area contributed by atoms with Gasteiger partial charge in [-0.15, -0.1) is 0 Å². The van der Waals surface area contributed by atoms with Crippen molar-refractivity contribution in [3.8, 4) is 5.75 Å². The lowest BCUT2D eigenvalue weighted by molar-refractivity contribution is 0.0783. The average molecular weight is 515 g/mol. The van der Waals surface area contributed by atoms with Crippen molar-refractivity contribution in [2.75, 3.05) is 42.6 Å². The van der Waals surface area contributed by atoms with E-state index in [2.05, 4.69) is 21.7 Å². The monoisotopic (exact) mass is 514 g/mol. The van der Waals surface area contributed by atoms with Gasteiger partial charge in [-0.25, -0.2) is 15.0 Å². The van der Waals surface area contributed by atoms with Crippen LogP contribution in [0.1, 0.15) is 38.8 Å². The van der Waals surface area contributed by atoms with E-state index < -0.39 is 5.60 Å². The molecule has 0 saturated carbocycles. The minimum absolute atomic E-state index is 0.0285. The van der Waals surface area contributed by atoms with Crippen LogP contribution in [0.4, 0.5) is 11.6 Å². The highest BCUT2D eigenvalue weighted by molar-refractivity contribution is 7.99. The number of aliphatic hydroxyl groups excluding tert-OH is 1. The molecule has 0 radical (unpaired) electrons. The van der Waals surface area contributed by atoms with Crippen LogP contribution in [-0.4, -0.2) is 81.8 Å². The highest BCUT2D eigenvalue weighted by atomic mass is 32.2. The molecule has 4 aliphatic heterocycles. The zero-order valence-corrected chi connectivity index (χ0v) is 21.6. The average Bonchev–Trinajstić information content (AvgIpc) is 3.35. The smallest absolute Gasteiger partial charge is 0.175 e. The molecule has 10 nitrogen and oxygen atoms in total. The Labute approximate surface area is 215 Å². The van der Waals surface area contributed by atoms with Crippen molar-refractivity contribution < 1.29 is 19.7 Å². The van der Waals surface area contributed by atoms with Gasteiger partial charge in [0.1, 0.15) is 17.3 Å². The number of piperidine rings is 1. The Morgan fingerprint density at radius 1 is 1.25 bits per heavy atom. The Morgan fingerprint density at radius 2 is 2.06 bits per heavy atom. The van der Waals surface area contributed by atoms with Crippen LogP contribution in [0.15, 0.2) is 28.4 Å². The minimum Gasteiger partial charge on any atom is -0.486 e. The Balaban J connectivity index is 1.20. The molecule has 0 aromatic carbocycles. The first-order chi connectivity index (χ1) is 17.3. The number of nitrogens with zero attached hydrogens (tertiary/aromatic N) is 5. The predicted octanol–water partition coefficient (Wildman–Crippen LogP) is 1.57. The van der Waals surface area contributed by atoms with Crippen LogP contribution in [0, 0.1) is 5.41 Å². The summed E-state index contributed by atoms with van der Waals surface area (Å²) in [5, 5.41) is 21.3. The number of ether oxygens (including phenoxy) is 2. The fourth-order valence-corrected chi connectivity index (χ4v) is 7.03. The van der Waals surface area contributed by atoms with Crippen LogP contribution < -0.4 is 20.3 Å². The number of aromatic nitrogens is 3. The van der Waals surface area contributed by atoms with Crippen LogP contribution in [0.25, 0.3) is 0 Å². The largest absolute Gasteiger partial charge is 0.486 e. The third-order valence-corrected chi connectivity index (χ3v) is 9.19. The first-order valence-corrected chi connectivity index (χ1v) is 13.5. The van der Waals surface area contributed by atoms with Crippen molar-refractivity contribution in [1.82, 2.24) is 15.0 Å². The molecule has 6 heterocycles.